The van der Waals surface area contributed by atoms with Crippen molar-refractivity contribution in [1.82, 2.24) is 9.13 Å². The zero-order valence-electron chi connectivity index (χ0n) is 8.71. The Kier molecular flexibility index (Phi) is 2.78. The molecule has 0 saturated heterocycles. The van der Waals surface area contributed by atoms with Gasteiger partial charge in [0.1, 0.15) is 12.4 Å². The molecule has 0 aliphatic rings. The summed E-state index contributed by atoms with van der Waals surface area (Å²) in [5, 5.41) is 8.59. The second-order valence-corrected chi connectivity index (χ2v) is 3.45. The molecule has 6 heteroatoms. The number of carbonyl (C=O) groups is 1. The maximum absolute atomic E-state index is 13.0. The Morgan fingerprint density at radius 3 is 2.76 bits per heavy atom. The van der Waals surface area contributed by atoms with Crippen molar-refractivity contribution in [3.8, 4) is 5.69 Å². The van der Waals surface area contributed by atoms with Crippen molar-refractivity contribution >= 4 is 5.97 Å². The summed E-state index contributed by atoms with van der Waals surface area (Å²) in [4.78, 5) is 22.2. The fourth-order valence-electron chi connectivity index (χ4n) is 1.50. The molecule has 17 heavy (non-hydrogen) atoms. The van der Waals surface area contributed by atoms with Crippen LogP contribution in [0.4, 0.5) is 4.39 Å². The van der Waals surface area contributed by atoms with Gasteiger partial charge in [-0.2, -0.15) is 0 Å². The topological polar surface area (TPSA) is 64.2 Å². The Labute approximate surface area is 95.3 Å². The van der Waals surface area contributed by atoms with E-state index in [1.54, 1.807) is 6.07 Å². The van der Waals surface area contributed by atoms with Crippen LogP contribution in [0, 0.1) is 5.82 Å². The van der Waals surface area contributed by atoms with Crippen LogP contribution in [-0.4, -0.2) is 20.2 Å². The lowest BCUT2D eigenvalue weighted by molar-refractivity contribution is -0.137. The number of hydrogen-bond donors (Lipinski definition) is 1. The minimum Gasteiger partial charge on any atom is -0.480 e. The third-order valence-corrected chi connectivity index (χ3v) is 2.24. The van der Waals surface area contributed by atoms with Gasteiger partial charge >= 0.3 is 11.7 Å². The molecule has 0 amide bonds. The van der Waals surface area contributed by atoms with Crippen molar-refractivity contribution in [2.24, 2.45) is 0 Å². The Hall–Kier alpha value is -2.37. The first kappa shape index (κ1) is 11.1. The van der Waals surface area contributed by atoms with Crippen molar-refractivity contribution in [2.45, 2.75) is 6.54 Å². The number of hydrogen-bond acceptors (Lipinski definition) is 2. The Bertz CT molecular complexity index is 615. The number of carboxylic acid groups (broad SMARTS) is 1. The quantitative estimate of drug-likeness (QED) is 0.859. The van der Waals surface area contributed by atoms with Gasteiger partial charge in [0.2, 0.25) is 0 Å². The molecule has 0 fully saturated rings. The van der Waals surface area contributed by atoms with Crippen LogP contribution in [-0.2, 0) is 11.3 Å². The van der Waals surface area contributed by atoms with Crippen molar-refractivity contribution in [2.75, 3.05) is 0 Å². The zero-order valence-corrected chi connectivity index (χ0v) is 8.71. The second-order valence-electron chi connectivity index (χ2n) is 3.45. The van der Waals surface area contributed by atoms with E-state index >= 15 is 0 Å². The standard InChI is InChI=1S/C11H9FN2O3/c12-8-2-1-3-9(6-8)14-5-4-13(11(14)17)7-10(15)16/h1-6H,7H2,(H,15,16). The third kappa shape index (κ3) is 2.25. The van der Waals surface area contributed by atoms with Gasteiger partial charge in [-0.05, 0) is 18.2 Å². The lowest BCUT2D eigenvalue weighted by Crippen LogP contribution is -2.25. The largest absolute Gasteiger partial charge is 0.480 e. The van der Waals surface area contributed by atoms with Gasteiger partial charge in [-0.3, -0.25) is 13.9 Å². The molecular weight excluding hydrogens is 227 g/mol. The van der Waals surface area contributed by atoms with E-state index in [2.05, 4.69) is 0 Å². The van der Waals surface area contributed by atoms with Gasteiger partial charge in [-0.25, -0.2) is 9.18 Å². The van der Waals surface area contributed by atoms with E-state index in [0.29, 0.717) is 5.69 Å². The second kappa shape index (κ2) is 4.25. The van der Waals surface area contributed by atoms with Gasteiger partial charge in [0.25, 0.3) is 0 Å². The molecule has 0 atom stereocenters. The smallest absolute Gasteiger partial charge is 0.333 e. The van der Waals surface area contributed by atoms with Crippen molar-refractivity contribution in [3.63, 3.8) is 0 Å². The van der Waals surface area contributed by atoms with Crippen LogP contribution in [0.1, 0.15) is 0 Å². The van der Waals surface area contributed by atoms with Crippen LogP contribution < -0.4 is 5.69 Å². The van der Waals surface area contributed by atoms with Crippen molar-refractivity contribution < 1.29 is 14.3 Å². The van der Waals surface area contributed by atoms with Gasteiger partial charge in [0.15, 0.2) is 0 Å². The number of carboxylic acids is 1. The molecule has 0 unspecified atom stereocenters. The summed E-state index contributed by atoms with van der Waals surface area (Å²) >= 11 is 0. The summed E-state index contributed by atoms with van der Waals surface area (Å²) in [5.41, 5.74) is -0.155. The predicted octanol–water partition coefficient (Wildman–Crippen LogP) is 0.863. The zero-order chi connectivity index (χ0) is 12.4. The number of rotatable bonds is 3. The minimum absolute atomic E-state index is 0.360. The average molecular weight is 236 g/mol. The van der Waals surface area contributed by atoms with Gasteiger partial charge in [-0.15, -0.1) is 0 Å². The third-order valence-electron chi connectivity index (χ3n) is 2.24. The van der Waals surface area contributed by atoms with Gasteiger partial charge < -0.3 is 5.11 Å². The lowest BCUT2D eigenvalue weighted by atomic mass is 10.3. The number of imidazole rings is 1. The molecule has 0 bridgehead atoms. The highest BCUT2D eigenvalue weighted by molar-refractivity contribution is 5.66. The summed E-state index contributed by atoms with van der Waals surface area (Å²) in [5.74, 6) is -1.57. The van der Waals surface area contributed by atoms with E-state index in [0.717, 1.165) is 4.57 Å². The van der Waals surface area contributed by atoms with E-state index in [1.165, 1.54) is 35.2 Å². The van der Waals surface area contributed by atoms with E-state index in [1.807, 2.05) is 0 Å². The molecule has 0 saturated carbocycles. The molecule has 0 spiro atoms. The summed E-state index contributed by atoms with van der Waals surface area (Å²) in [6.07, 6.45) is 2.75. The van der Waals surface area contributed by atoms with Crippen LogP contribution in [0.3, 0.4) is 0 Å². The molecule has 0 radical (unpaired) electrons. The fraction of sp³-hybridized carbons (Fsp3) is 0.0909. The lowest BCUT2D eigenvalue weighted by Gasteiger charge is -2.00. The van der Waals surface area contributed by atoms with E-state index in [4.69, 9.17) is 5.11 Å². The Balaban J connectivity index is 2.44. The highest BCUT2D eigenvalue weighted by Crippen LogP contribution is 2.07. The molecule has 1 aromatic carbocycles. The molecule has 1 aromatic heterocycles. The molecule has 1 N–H and O–H groups in total. The van der Waals surface area contributed by atoms with Crippen LogP contribution >= 0.6 is 0 Å². The molecule has 5 nitrogen and oxygen atoms in total. The normalized spacial score (nSPS) is 10.4. The molecule has 0 aliphatic heterocycles. The minimum atomic E-state index is -1.11. The first-order valence-corrected chi connectivity index (χ1v) is 4.83. The van der Waals surface area contributed by atoms with Gasteiger partial charge in [0.05, 0.1) is 5.69 Å². The average Bonchev–Trinajstić information content (AvgIpc) is 2.60. The first-order valence-electron chi connectivity index (χ1n) is 4.83. The highest BCUT2D eigenvalue weighted by Gasteiger charge is 2.08. The monoisotopic (exact) mass is 236 g/mol. The fourth-order valence-corrected chi connectivity index (χ4v) is 1.50. The molecule has 0 aliphatic carbocycles. The van der Waals surface area contributed by atoms with Crippen LogP contribution in [0.15, 0.2) is 41.5 Å². The summed E-state index contributed by atoms with van der Waals surface area (Å²) in [6.45, 7) is -0.416. The summed E-state index contributed by atoms with van der Waals surface area (Å²) < 4.78 is 15.2. The van der Waals surface area contributed by atoms with Crippen molar-refractivity contribution in [1.29, 1.82) is 0 Å². The SMILES string of the molecule is O=C(O)Cn1ccn(-c2cccc(F)c2)c1=O. The molecular formula is C11H9FN2O3. The molecule has 2 aromatic rings. The summed E-state index contributed by atoms with van der Waals surface area (Å²) in [6, 6.07) is 5.51. The number of benzene rings is 1. The van der Waals surface area contributed by atoms with Crippen LogP contribution in [0.25, 0.3) is 5.69 Å². The van der Waals surface area contributed by atoms with E-state index < -0.39 is 24.0 Å². The molecule has 2 rings (SSSR count). The molecule has 88 valence electrons. The van der Waals surface area contributed by atoms with Gasteiger partial charge in [-0.1, -0.05) is 6.07 Å². The van der Waals surface area contributed by atoms with Crippen LogP contribution in [0.5, 0.6) is 0 Å². The maximum atomic E-state index is 13.0. The number of nitrogens with zero attached hydrogens (tertiary/aromatic N) is 2. The van der Waals surface area contributed by atoms with Crippen LogP contribution in [0.2, 0.25) is 0 Å². The highest BCUT2D eigenvalue weighted by atomic mass is 19.1. The number of aliphatic carboxylic acids is 1. The first-order chi connectivity index (χ1) is 8.08. The Morgan fingerprint density at radius 1 is 1.35 bits per heavy atom. The maximum Gasteiger partial charge on any atom is 0.333 e. The summed E-state index contributed by atoms with van der Waals surface area (Å²) in [7, 11) is 0. The van der Waals surface area contributed by atoms with Gasteiger partial charge in [0, 0.05) is 12.4 Å². The van der Waals surface area contributed by atoms with Crippen molar-refractivity contribution in [3.05, 3.63) is 53.0 Å². The predicted molar refractivity (Wildman–Crippen MR) is 57.6 cm³/mol. The Morgan fingerprint density at radius 2 is 2.12 bits per heavy atom. The molecule has 1 heterocycles. The van der Waals surface area contributed by atoms with E-state index in [-0.39, 0.29) is 0 Å². The number of aromatic nitrogens is 2. The number of halogens is 1. The van der Waals surface area contributed by atoms with E-state index in [9.17, 15) is 14.0 Å².